The third-order valence-electron chi connectivity index (χ3n) is 4.46. The molecule has 108 valence electrons. The van der Waals surface area contributed by atoms with E-state index in [-0.39, 0.29) is 7.43 Å². The summed E-state index contributed by atoms with van der Waals surface area (Å²) in [4.78, 5) is 10.6. The summed E-state index contributed by atoms with van der Waals surface area (Å²) in [5.74, 6) is 2.26. The maximum Gasteiger partial charge on any atom is 0.132 e. The fourth-order valence-electron chi connectivity index (χ4n) is 2.63. The van der Waals surface area contributed by atoms with E-state index in [1.165, 1.54) is 25.7 Å². The van der Waals surface area contributed by atoms with E-state index in [9.17, 15) is 4.79 Å². The van der Waals surface area contributed by atoms with Gasteiger partial charge in [0.1, 0.15) is 5.78 Å². The molecule has 0 heterocycles. The number of hydrogen-bond donors (Lipinski definition) is 0. The van der Waals surface area contributed by atoms with Gasteiger partial charge in [-0.05, 0) is 42.9 Å². The van der Waals surface area contributed by atoms with Crippen molar-refractivity contribution >= 4 is 5.78 Å². The Morgan fingerprint density at radius 3 is 1.61 bits per heavy atom. The second-order valence-electron chi connectivity index (χ2n) is 7.07. The predicted molar refractivity (Wildman–Crippen MR) is 80.8 cm³/mol. The predicted octanol–water partition coefficient (Wildman–Crippen LogP) is 5.62. The highest BCUT2D eigenvalue weighted by Crippen LogP contribution is 2.37. The van der Waals surface area contributed by atoms with Gasteiger partial charge in [0.15, 0.2) is 0 Å². The number of hydrogen-bond acceptors (Lipinski definition) is 1. The Morgan fingerprint density at radius 1 is 0.889 bits per heavy atom. The second-order valence-corrected chi connectivity index (χ2v) is 7.07. The molecule has 0 aromatic rings. The summed E-state index contributed by atoms with van der Waals surface area (Å²) in [6.07, 6.45) is 9.70. The molecule has 0 amide bonds. The Labute approximate surface area is 115 Å². The minimum atomic E-state index is 0. The number of ketones is 1. The number of rotatable bonds is 0. The van der Waals surface area contributed by atoms with Crippen LogP contribution in [0.25, 0.3) is 0 Å². The molecule has 2 rings (SSSR count). The highest BCUT2D eigenvalue weighted by atomic mass is 16.1. The molecule has 1 heteroatoms. The molecule has 0 radical (unpaired) electrons. The van der Waals surface area contributed by atoms with E-state index in [2.05, 4.69) is 27.7 Å². The van der Waals surface area contributed by atoms with Crippen LogP contribution < -0.4 is 0 Å². The lowest BCUT2D eigenvalue weighted by Crippen LogP contribution is -2.19. The summed E-state index contributed by atoms with van der Waals surface area (Å²) in [6, 6.07) is 0. The molecule has 0 atom stereocenters. The van der Waals surface area contributed by atoms with Gasteiger partial charge in [-0.3, -0.25) is 4.79 Å². The molecule has 0 spiro atoms. The van der Waals surface area contributed by atoms with Crippen molar-refractivity contribution < 1.29 is 4.79 Å². The molecule has 2 fully saturated rings. The van der Waals surface area contributed by atoms with E-state index in [0.29, 0.717) is 11.2 Å². The lowest BCUT2D eigenvalue weighted by atomic mass is 9.74. The lowest BCUT2D eigenvalue weighted by Gasteiger charge is -2.32. The van der Waals surface area contributed by atoms with Crippen molar-refractivity contribution in [2.24, 2.45) is 17.3 Å². The van der Waals surface area contributed by atoms with E-state index >= 15 is 0 Å². The van der Waals surface area contributed by atoms with E-state index in [1.54, 1.807) is 0 Å². The molecule has 0 saturated heterocycles. The van der Waals surface area contributed by atoms with E-state index < -0.39 is 0 Å². The summed E-state index contributed by atoms with van der Waals surface area (Å²) >= 11 is 0. The van der Waals surface area contributed by atoms with Gasteiger partial charge in [-0.15, -0.1) is 0 Å². The van der Waals surface area contributed by atoms with E-state index in [1.807, 2.05) is 0 Å². The first-order valence-electron chi connectivity index (χ1n) is 7.41. The molecule has 0 unspecified atom stereocenters. The molecule has 0 N–H and O–H groups in total. The van der Waals surface area contributed by atoms with Crippen LogP contribution in [0.1, 0.15) is 86.5 Å². The fourth-order valence-corrected chi connectivity index (χ4v) is 2.63. The van der Waals surface area contributed by atoms with Gasteiger partial charge in [0.2, 0.25) is 0 Å². The monoisotopic (exact) mass is 254 g/mol. The second kappa shape index (κ2) is 7.96. The lowest BCUT2D eigenvalue weighted by molar-refractivity contribution is -0.120. The van der Waals surface area contributed by atoms with Crippen molar-refractivity contribution in [2.45, 2.75) is 86.5 Å². The maximum atomic E-state index is 10.6. The van der Waals surface area contributed by atoms with E-state index in [4.69, 9.17) is 0 Å². The van der Waals surface area contributed by atoms with Gasteiger partial charge in [-0.1, -0.05) is 48.0 Å². The highest BCUT2D eigenvalue weighted by molar-refractivity contribution is 5.78. The standard InChI is InChI=1S/C9H18.C7H12O.CH4/c1-8-4-6-9(2,3)7-5-8;1-6-2-4-7(8)5-3-6;/h8H,4-7H2,1-3H3;6H,2-5H2,1H3;1H4. The van der Waals surface area contributed by atoms with Gasteiger partial charge in [-0.2, -0.15) is 0 Å². The van der Waals surface area contributed by atoms with Crippen molar-refractivity contribution in [3.05, 3.63) is 0 Å². The third-order valence-corrected chi connectivity index (χ3v) is 4.46. The molecule has 0 bridgehead atoms. The molecule has 0 aliphatic heterocycles. The van der Waals surface area contributed by atoms with Crippen LogP contribution in [0.15, 0.2) is 0 Å². The molecule has 0 aromatic carbocycles. The smallest absolute Gasteiger partial charge is 0.132 e. The minimum Gasteiger partial charge on any atom is -0.300 e. The molecule has 0 aromatic heterocycles. The van der Waals surface area contributed by atoms with Crippen molar-refractivity contribution in [1.82, 2.24) is 0 Å². The van der Waals surface area contributed by atoms with Gasteiger partial charge in [0, 0.05) is 12.8 Å². The average Bonchev–Trinajstić information content (AvgIpc) is 2.28. The molecule has 2 aliphatic carbocycles. The van der Waals surface area contributed by atoms with Crippen LogP contribution in [0.3, 0.4) is 0 Å². The minimum absolute atomic E-state index is 0. The summed E-state index contributed by atoms with van der Waals surface area (Å²) in [6.45, 7) is 9.36. The Kier molecular flexibility index (Phi) is 7.82. The normalized spacial score (nSPS) is 24.8. The van der Waals surface area contributed by atoms with Crippen molar-refractivity contribution in [3.8, 4) is 0 Å². The molecule has 2 saturated carbocycles. The quantitative estimate of drug-likeness (QED) is 0.548. The maximum absolute atomic E-state index is 10.6. The summed E-state index contributed by atoms with van der Waals surface area (Å²) < 4.78 is 0. The Hall–Kier alpha value is -0.330. The Balaban J connectivity index is 0.000000306. The van der Waals surface area contributed by atoms with Crippen LogP contribution in [0.2, 0.25) is 0 Å². The van der Waals surface area contributed by atoms with Gasteiger partial charge in [0.25, 0.3) is 0 Å². The third kappa shape index (κ3) is 7.18. The van der Waals surface area contributed by atoms with Gasteiger partial charge in [0.05, 0.1) is 0 Å². The number of carbonyl (C=O) groups is 1. The SMILES string of the molecule is C.CC1CCC(=O)CC1.CC1CCC(C)(C)CC1. The zero-order valence-corrected chi connectivity index (χ0v) is 12.2. The van der Waals surface area contributed by atoms with Gasteiger partial charge >= 0.3 is 0 Å². The average molecular weight is 254 g/mol. The van der Waals surface area contributed by atoms with Crippen LogP contribution >= 0.6 is 0 Å². The van der Waals surface area contributed by atoms with Crippen molar-refractivity contribution in [2.75, 3.05) is 0 Å². The van der Waals surface area contributed by atoms with Crippen LogP contribution in [-0.4, -0.2) is 5.78 Å². The molecule has 1 nitrogen and oxygen atoms in total. The first kappa shape index (κ1) is 17.7. The zero-order chi connectivity index (χ0) is 12.9. The molecule has 2 aliphatic rings. The Morgan fingerprint density at radius 2 is 1.28 bits per heavy atom. The molecular formula is C17H34O. The van der Waals surface area contributed by atoms with Crippen molar-refractivity contribution in [1.29, 1.82) is 0 Å². The number of Topliss-reactive ketones (excluding diaryl/α,β-unsaturated/α-hetero) is 1. The van der Waals surface area contributed by atoms with Crippen LogP contribution in [0, 0.1) is 17.3 Å². The van der Waals surface area contributed by atoms with Crippen molar-refractivity contribution in [3.63, 3.8) is 0 Å². The Bertz CT molecular complexity index is 222. The fraction of sp³-hybridized carbons (Fsp3) is 0.941. The van der Waals surface area contributed by atoms with Crippen LogP contribution in [0.4, 0.5) is 0 Å². The van der Waals surface area contributed by atoms with E-state index in [0.717, 1.165) is 37.5 Å². The highest BCUT2D eigenvalue weighted by Gasteiger charge is 2.23. The molecule has 18 heavy (non-hydrogen) atoms. The summed E-state index contributed by atoms with van der Waals surface area (Å²) in [7, 11) is 0. The first-order valence-corrected chi connectivity index (χ1v) is 7.41. The summed E-state index contributed by atoms with van der Waals surface area (Å²) in [5, 5.41) is 0. The van der Waals surface area contributed by atoms with Crippen LogP contribution in [-0.2, 0) is 4.79 Å². The molecular weight excluding hydrogens is 220 g/mol. The van der Waals surface area contributed by atoms with Crippen LogP contribution in [0.5, 0.6) is 0 Å². The number of carbonyl (C=O) groups excluding carboxylic acids is 1. The topological polar surface area (TPSA) is 17.1 Å². The summed E-state index contributed by atoms with van der Waals surface area (Å²) in [5.41, 5.74) is 0.659. The van der Waals surface area contributed by atoms with Gasteiger partial charge in [-0.25, -0.2) is 0 Å². The first-order chi connectivity index (χ1) is 7.89. The zero-order valence-electron chi connectivity index (χ0n) is 12.2. The van der Waals surface area contributed by atoms with Gasteiger partial charge < -0.3 is 0 Å². The largest absolute Gasteiger partial charge is 0.300 e.